The first-order valence-electron chi connectivity index (χ1n) is 6.99. The number of hydrogen-bond donors (Lipinski definition) is 2. The Morgan fingerprint density at radius 1 is 1.21 bits per heavy atom. The van der Waals surface area contributed by atoms with Gasteiger partial charge in [0.1, 0.15) is 0 Å². The van der Waals surface area contributed by atoms with Crippen LogP contribution in [0.5, 0.6) is 0 Å². The van der Waals surface area contributed by atoms with Gasteiger partial charge in [-0.1, -0.05) is 26.0 Å². The predicted octanol–water partition coefficient (Wildman–Crippen LogP) is 2.01. The van der Waals surface area contributed by atoms with Gasteiger partial charge in [0, 0.05) is 18.8 Å². The summed E-state index contributed by atoms with van der Waals surface area (Å²) < 4.78 is 0. The van der Waals surface area contributed by atoms with Crippen molar-refractivity contribution in [2.45, 2.75) is 33.2 Å². The number of benzene rings is 1. The number of carbonyl (C=O) groups excluding carboxylic acids is 1. The molecule has 0 aromatic heterocycles. The summed E-state index contributed by atoms with van der Waals surface area (Å²) in [6.45, 7) is 7.09. The molecule has 19 heavy (non-hydrogen) atoms. The van der Waals surface area contributed by atoms with Crippen LogP contribution >= 0.6 is 0 Å². The standard InChI is InChI=1S/C15H25N3O/c1-3-9-17-15(19)12-18(10-4-2)11-13-5-7-14(16)8-6-13/h5-8H,3-4,9-12,16H2,1-2H3,(H,17,19). The third-order valence-corrected chi connectivity index (χ3v) is 2.87. The van der Waals surface area contributed by atoms with Gasteiger partial charge in [-0.25, -0.2) is 0 Å². The molecule has 1 aromatic rings. The second kappa shape index (κ2) is 8.53. The normalized spacial score (nSPS) is 10.7. The quantitative estimate of drug-likeness (QED) is 0.705. The molecular formula is C15H25N3O. The zero-order valence-electron chi connectivity index (χ0n) is 12.0. The summed E-state index contributed by atoms with van der Waals surface area (Å²) in [5, 5.41) is 2.92. The van der Waals surface area contributed by atoms with Crippen molar-refractivity contribution >= 4 is 11.6 Å². The highest BCUT2D eigenvalue weighted by atomic mass is 16.2. The van der Waals surface area contributed by atoms with Gasteiger partial charge in [-0.2, -0.15) is 0 Å². The van der Waals surface area contributed by atoms with Gasteiger partial charge in [-0.3, -0.25) is 9.69 Å². The molecule has 0 saturated carbocycles. The number of nitrogen functional groups attached to an aromatic ring is 1. The van der Waals surface area contributed by atoms with Crippen molar-refractivity contribution in [3.63, 3.8) is 0 Å². The minimum atomic E-state index is 0.103. The van der Waals surface area contributed by atoms with Crippen molar-refractivity contribution in [2.75, 3.05) is 25.4 Å². The average molecular weight is 263 g/mol. The smallest absolute Gasteiger partial charge is 0.234 e. The van der Waals surface area contributed by atoms with E-state index in [9.17, 15) is 4.79 Å². The van der Waals surface area contributed by atoms with Crippen LogP contribution in [0.2, 0.25) is 0 Å². The SMILES string of the molecule is CCCNC(=O)CN(CCC)Cc1ccc(N)cc1. The van der Waals surface area contributed by atoms with E-state index in [2.05, 4.69) is 24.1 Å². The summed E-state index contributed by atoms with van der Waals surface area (Å²) in [5.74, 6) is 0.103. The van der Waals surface area contributed by atoms with E-state index in [0.29, 0.717) is 6.54 Å². The maximum Gasteiger partial charge on any atom is 0.234 e. The average Bonchev–Trinajstić information content (AvgIpc) is 2.39. The van der Waals surface area contributed by atoms with Crippen molar-refractivity contribution in [1.29, 1.82) is 0 Å². The lowest BCUT2D eigenvalue weighted by molar-refractivity contribution is -0.122. The third kappa shape index (κ3) is 6.25. The molecule has 0 bridgehead atoms. The van der Waals surface area contributed by atoms with Crippen LogP contribution in [-0.4, -0.2) is 30.4 Å². The van der Waals surface area contributed by atoms with Crippen LogP contribution < -0.4 is 11.1 Å². The molecule has 0 saturated heterocycles. The van der Waals surface area contributed by atoms with Gasteiger partial charge in [0.15, 0.2) is 0 Å². The van der Waals surface area contributed by atoms with Crippen LogP contribution in [0.15, 0.2) is 24.3 Å². The summed E-state index contributed by atoms with van der Waals surface area (Å²) in [6, 6.07) is 7.83. The zero-order valence-corrected chi connectivity index (χ0v) is 12.0. The third-order valence-electron chi connectivity index (χ3n) is 2.87. The topological polar surface area (TPSA) is 58.4 Å². The lowest BCUT2D eigenvalue weighted by atomic mass is 10.2. The monoisotopic (exact) mass is 263 g/mol. The first kappa shape index (κ1) is 15.5. The molecule has 0 aliphatic carbocycles. The Bertz CT molecular complexity index is 375. The van der Waals surface area contributed by atoms with Crippen LogP contribution in [0.4, 0.5) is 5.69 Å². The lowest BCUT2D eigenvalue weighted by Crippen LogP contribution is -2.37. The van der Waals surface area contributed by atoms with E-state index >= 15 is 0 Å². The number of amides is 1. The first-order chi connectivity index (χ1) is 9.15. The molecular weight excluding hydrogens is 238 g/mol. The van der Waals surface area contributed by atoms with Crippen LogP contribution in [0.1, 0.15) is 32.3 Å². The molecule has 1 rings (SSSR count). The Balaban J connectivity index is 2.52. The lowest BCUT2D eigenvalue weighted by Gasteiger charge is -2.21. The second-order valence-electron chi connectivity index (χ2n) is 4.80. The summed E-state index contributed by atoms with van der Waals surface area (Å²) in [5.41, 5.74) is 7.63. The van der Waals surface area contributed by atoms with E-state index in [0.717, 1.165) is 38.2 Å². The largest absolute Gasteiger partial charge is 0.399 e. The molecule has 1 aromatic carbocycles. The molecule has 4 nitrogen and oxygen atoms in total. The van der Waals surface area contributed by atoms with Gasteiger partial charge in [-0.05, 0) is 37.1 Å². The van der Waals surface area contributed by atoms with Crippen molar-refractivity contribution < 1.29 is 4.79 Å². The van der Waals surface area contributed by atoms with Gasteiger partial charge >= 0.3 is 0 Å². The van der Waals surface area contributed by atoms with Gasteiger partial charge in [0.25, 0.3) is 0 Å². The summed E-state index contributed by atoms with van der Waals surface area (Å²) in [6.07, 6.45) is 2.01. The van der Waals surface area contributed by atoms with E-state index in [-0.39, 0.29) is 5.91 Å². The molecule has 0 unspecified atom stereocenters. The van der Waals surface area contributed by atoms with E-state index in [4.69, 9.17) is 5.73 Å². The second-order valence-corrected chi connectivity index (χ2v) is 4.80. The minimum Gasteiger partial charge on any atom is -0.399 e. The van der Waals surface area contributed by atoms with Crippen molar-refractivity contribution in [1.82, 2.24) is 10.2 Å². The van der Waals surface area contributed by atoms with Crippen molar-refractivity contribution in [3.8, 4) is 0 Å². The molecule has 0 fully saturated rings. The molecule has 1 amide bonds. The number of nitrogens with two attached hydrogens (primary N) is 1. The zero-order chi connectivity index (χ0) is 14.1. The summed E-state index contributed by atoms with van der Waals surface area (Å²) in [4.78, 5) is 13.9. The Morgan fingerprint density at radius 3 is 2.47 bits per heavy atom. The van der Waals surface area contributed by atoms with Crippen LogP contribution in [0, 0.1) is 0 Å². The minimum absolute atomic E-state index is 0.103. The molecule has 0 atom stereocenters. The van der Waals surface area contributed by atoms with Gasteiger partial charge in [0.05, 0.1) is 6.54 Å². The molecule has 0 heterocycles. The maximum atomic E-state index is 11.8. The van der Waals surface area contributed by atoms with Gasteiger partial charge in [-0.15, -0.1) is 0 Å². The van der Waals surface area contributed by atoms with E-state index in [1.54, 1.807) is 0 Å². The van der Waals surface area contributed by atoms with E-state index in [1.165, 1.54) is 5.56 Å². The van der Waals surface area contributed by atoms with Gasteiger partial charge < -0.3 is 11.1 Å². The molecule has 0 aliphatic heterocycles. The summed E-state index contributed by atoms with van der Waals surface area (Å²) in [7, 11) is 0. The van der Waals surface area contributed by atoms with Crippen molar-refractivity contribution in [2.24, 2.45) is 0 Å². The van der Waals surface area contributed by atoms with E-state index in [1.807, 2.05) is 24.3 Å². The Hall–Kier alpha value is -1.55. The molecule has 0 radical (unpaired) electrons. The number of nitrogens with zero attached hydrogens (tertiary/aromatic N) is 1. The number of rotatable bonds is 8. The number of anilines is 1. The fraction of sp³-hybridized carbons (Fsp3) is 0.533. The highest BCUT2D eigenvalue weighted by molar-refractivity contribution is 5.77. The Labute approximate surface area is 116 Å². The predicted molar refractivity (Wildman–Crippen MR) is 79.7 cm³/mol. The maximum absolute atomic E-state index is 11.8. The Morgan fingerprint density at radius 2 is 1.89 bits per heavy atom. The Kier molecular flexibility index (Phi) is 6.97. The summed E-state index contributed by atoms with van der Waals surface area (Å²) >= 11 is 0. The molecule has 106 valence electrons. The number of nitrogens with one attached hydrogen (secondary N) is 1. The molecule has 4 heteroatoms. The van der Waals surface area contributed by atoms with Crippen LogP contribution in [0.3, 0.4) is 0 Å². The fourth-order valence-electron chi connectivity index (χ4n) is 1.93. The highest BCUT2D eigenvalue weighted by Gasteiger charge is 2.10. The van der Waals surface area contributed by atoms with Gasteiger partial charge in [0.2, 0.25) is 5.91 Å². The molecule has 0 aliphatic rings. The van der Waals surface area contributed by atoms with Crippen LogP contribution in [-0.2, 0) is 11.3 Å². The number of carbonyl (C=O) groups is 1. The highest BCUT2D eigenvalue weighted by Crippen LogP contribution is 2.08. The van der Waals surface area contributed by atoms with Crippen molar-refractivity contribution in [3.05, 3.63) is 29.8 Å². The fourth-order valence-corrected chi connectivity index (χ4v) is 1.93. The first-order valence-corrected chi connectivity index (χ1v) is 6.99. The van der Waals surface area contributed by atoms with E-state index < -0.39 is 0 Å². The van der Waals surface area contributed by atoms with Crippen LogP contribution in [0.25, 0.3) is 0 Å². The molecule has 3 N–H and O–H groups in total. The molecule has 0 spiro atoms. The number of hydrogen-bond acceptors (Lipinski definition) is 3.